The molecule has 0 aromatic carbocycles. The lowest BCUT2D eigenvalue weighted by atomic mass is 10.3. The zero-order valence-electron chi connectivity index (χ0n) is 7.44. The first-order valence-electron chi connectivity index (χ1n) is 4.07. The van der Waals surface area contributed by atoms with Gasteiger partial charge in [0.1, 0.15) is 11.0 Å². The average Bonchev–Trinajstić information content (AvgIpc) is 2.62. The number of aromatic carboxylic acids is 1. The van der Waals surface area contributed by atoms with Crippen molar-refractivity contribution in [3.63, 3.8) is 0 Å². The van der Waals surface area contributed by atoms with Crippen molar-refractivity contribution in [2.24, 2.45) is 0 Å². The Balaban J connectivity index is 2.48. The Kier molecular flexibility index (Phi) is 2.39. The fourth-order valence-electron chi connectivity index (χ4n) is 1.13. The highest BCUT2D eigenvalue weighted by molar-refractivity contribution is 6.32. The number of halogens is 1. The molecule has 2 aromatic heterocycles. The molecule has 15 heavy (non-hydrogen) atoms. The van der Waals surface area contributed by atoms with Crippen LogP contribution in [0.3, 0.4) is 0 Å². The molecule has 0 aliphatic heterocycles. The molecular formula is C9H6ClN3O2. The maximum atomic E-state index is 10.7. The van der Waals surface area contributed by atoms with Crippen LogP contribution in [0.1, 0.15) is 10.5 Å². The molecule has 0 atom stereocenters. The Labute approximate surface area is 89.8 Å². The maximum absolute atomic E-state index is 10.7. The van der Waals surface area contributed by atoms with E-state index in [-0.39, 0.29) is 10.8 Å². The molecule has 0 amide bonds. The quantitative estimate of drug-likeness (QED) is 0.814. The molecule has 0 spiro atoms. The number of H-pyrrole nitrogens is 1. The Bertz CT molecular complexity index is 495. The van der Waals surface area contributed by atoms with Crippen LogP contribution in [0.4, 0.5) is 0 Å². The summed E-state index contributed by atoms with van der Waals surface area (Å²) in [6, 6.07) is 3.49. The maximum Gasteiger partial charge on any atom is 0.357 e. The zero-order valence-corrected chi connectivity index (χ0v) is 8.19. The van der Waals surface area contributed by atoms with Gasteiger partial charge in [-0.25, -0.2) is 9.78 Å². The number of carboxylic acid groups (broad SMARTS) is 1. The normalized spacial score (nSPS) is 10.2. The standard InChI is InChI=1S/C9H6ClN3O2/c10-7-6(9(14)15)12-8(13-7)5-2-1-3-11-4-5/h1-4H,(H,12,13)(H,14,15). The highest BCUT2D eigenvalue weighted by Gasteiger charge is 2.15. The van der Waals surface area contributed by atoms with E-state index < -0.39 is 5.97 Å². The summed E-state index contributed by atoms with van der Waals surface area (Å²) in [4.78, 5) is 21.1. The molecule has 2 aromatic rings. The van der Waals surface area contributed by atoms with Crippen LogP contribution in [0.15, 0.2) is 24.5 Å². The van der Waals surface area contributed by atoms with E-state index in [4.69, 9.17) is 16.7 Å². The van der Waals surface area contributed by atoms with Gasteiger partial charge in [-0.05, 0) is 12.1 Å². The molecule has 0 saturated heterocycles. The van der Waals surface area contributed by atoms with Crippen LogP contribution in [0.5, 0.6) is 0 Å². The van der Waals surface area contributed by atoms with E-state index in [0.717, 1.165) is 0 Å². The van der Waals surface area contributed by atoms with Crippen molar-refractivity contribution in [3.05, 3.63) is 35.4 Å². The molecule has 0 saturated carbocycles. The number of carboxylic acids is 1. The second-order valence-electron chi connectivity index (χ2n) is 2.79. The minimum absolute atomic E-state index is 0.0151. The number of hydrogen-bond donors (Lipinski definition) is 2. The molecule has 0 bridgehead atoms. The minimum atomic E-state index is -1.16. The number of nitrogens with zero attached hydrogens (tertiary/aromatic N) is 2. The Morgan fingerprint density at radius 1 is 1.53 bits per heavy atom. The van der Waals surface area contributed by atoms with Gasteiger partial charge in [0.2, 0.25) is 0 Å². The molecule has 0 aliphatic rings. The molecule has 6 heteroatoms. The van der Waals surface area contributed by atoms with Crippen molar-refractivity contribution in [1.82, 2.24) is 15.0 Å². The molecule has 0 unspecified atom stereocenters. The van der Waals surface area contributed by atoms with Gasteiger partial charge in [0, 0.05) is 18.0 Å². The fourth-order valence-corrected chi connectivity index (χ4v) is 1.35. The van der Waals surface area contributed by atoms with Gasteiger partial charge in [0.05, 0.1) is 0 Å². The second kappa shape index (κ2) is 3.70. The number of aromatic amines is 1. The van der Waals surface area contributed by atoms with Crippen molar-refractivity contribution in [1.29, 1.82) is 0 Å². The molecule has 0 fully saturated rings. The molecule has 2 heterocycles. The van der Waals surface area contributed by atoms with Gasteiger partial charge >= 0.3 is 5.97 Å². The number of pyridine rings is 1. The highest BCUT2D eigenvalue weighted by Crippen LogP contribution is 2.20. The summed E-state index contributed by atoms with van der Waals surface area (Å²) >= 11 is 5.67. The molecule has 0 aliphatic carbocycles. The van der Waals surface area contributed by atoms with Gasteiger partial charge in [0.15, 0.2) is 5.69 Å². The number of nitrogens with one attached hydrogen (secondary N) is 1. The number of imidazole rings is 1. The average molecular weight is 224 g/mol. The van der Waals surface area contributed by atoms with Gasteiger partial charge in [-0.2, -0.15) is 0 Å². The van der Waals surface area contributed by atoms with Crippen LogP contribution in [-0.4, -0.2) is 26.0 Å². The lowest BCUT2D eigenvalue weighted by Gasteiger charge is -1.92. The van der Waals surface area contributed by atoms with Crippen LogP contribution in [0.25, 0.3) is 11.4 Å². The predicted octanol–water partition coefficient (Wildman–Crippen LogP) is 1.82. The lowest BCUT2D eigenvalue weighted by molar-refractivity contribution is 0.0691. The largest absolute Gasteiger partial charge is 0.476 e. The van der Waals surface area contributed by atoms with Gasteiger partial charge in [-0.1, -0.05) is 11.6 Å². The summed E-state index contributed by atoms with van der Waals surface area (Å²) in [7, 11) is 0. The van der Waals surface area contributed by atoms with E-state index in [1.165, 1.54) is 0 Å². The summed E-state index contributed by atoms with van der Waals surface area (Å²) in [5.74, 6) is -0.767. The smallest absolute Gasteiger partial charge is 0.357 e. The number of hydrogen-bond acceptors (Lipinski definition) is 3. The summed E-state index contributed by atoms with van der Waals surface area (Å²) in [5.41, 5.74) is 0.502. The molecule has 0 radical (unpaired) electrons. The van der Waals surface area contributed by atoms with Crippen molar-refractivity contribution >= 4 is 17.6 Å². The summed E-state index contributed by atoms with van der Waals surface area (Å²) in [5, 5.41) is 8.76. The van der Waals surface area contributed by atoms with Crippen LogP contribution >= 0.6 is 11.6 Å². The second-order valence-corrected chi connectivity index (χ2v) is 3.17. The predicted molar refractivity (Wildman–Crippen MR) is 53.8 cm³/mol. The first-order valence-corrected chi connectivity index (χ1v) is 4.45. The van der Waals surface area contributed by atoms with Crippen molar-refractivity contribution in [2.45, 2.75) is 0 Å². The Hall–Kier alpha value is -1.88. The first-order chi connectivity index (χ1) is 7.18. The topological polar surface area (TPSA) is 78.9 Å². The monoisotopic (exact) mass is 223 g/mol. The Morgan fingerprint density at radius 3 is 2.87 bits per heavy atom. The third kappa shape index (κ3) is 1.82. The molecule has 2 N–H and O–H groups in total. The van der Waals surface area contributed by atoms with Crippen molar-refractivity contribution < 1.29 is 9.90 Å². The van der Waals surface area contributed by atoms with Crippen LogP contribution < -0.4 is 0 Å². The van der Waals surface area contributed by atoms with E-state index in [9.17, 15) is 4.79 Å². The number of aromatic nitrogens is 3. The van der Waals surface area contributed by atoms with Gasteiger partial charge in [-0.3, -0.25) is 4.98 Å². The first kappa shape index (κ1) is 9.67. The number of rotatable bonds is 2. The SMILES string of the molecule is O=C(O)c1nc(-c2cccnc2)[nH]c1Cl. The molecule has 2 rings (SSSR count). The van der Waals surface area contributed by atoms with Gasteiger partial charge < -0.3 is 10.1 Å². The van der Waals surface area contributed by atoms with Gasteiger partial charge in [-0.15, -0.1) is 0 Å². The van der Waals surface area contributed by atoms with E-state index in [1.54, 1.807) is 24.5 Å². The fraction of sp³-hybridized carbons (Fsp3) is 0. The van der Waals surface area contributed by atoms with E-state index >= 15 is 0 Å². The van der Waals surface area contributed by atoms with Crippen LogP contribution in [-0.2, 0) is 0 Å². The third-order valence-corrected chi connectivity index (χ3v) is 2.07. The van der Waals surface area contributed by atoms with E-state index in [2.05, 4.69) is 15.0 Å². The van der Waals surface area contributed by atoms with Crippen LogP contribution in [0, 0.1) is 0 Å². The summed E-state index contributed by atoms with van der Waals surface area (Å²) in [6.45, 7) is 0. The molecule has 5 nitrogen and oxygen atoms in total. The van der Waals surface area contributed by atoms with Crippen LogP contribution in [0.2, 0.25) is 5.15 Å². The molecular weight excluding hydrogens is 218 g/mol. The summed E-state index contributed by atoms with van der Waals surface area (Å²) < 4.78 is 0. The third-order valence-electron chi connectivity index (χ3n) is 1.80. The minimum Gasteiger partial charge on any atom is -0.476 e. The highest BCUT2D eigenvalue weighted by atomic mass is 35.5. The van der Waals surface area contributed by atoms with Gasteiger partial charge in [0.25, 0.3) is 0 Å². The van der Waals surface area contributed by atoms with E-state index in [0.29, 0.717) is 11.4 Å². The summed E-state index contributed by atoms with van der Waals surface area (Å²) in [6.07, 6.45) is 3.19. The Morgan fingerprint density at radius 2 is 2.33 bits per heavy atom. The molecule has 76 valence electrons. The lowest BCUT2D eigenvalue weighted by Crippen LogP contribution is -1.96. The van der Waals surface area contributed by atoms with Crippen molar-refractivity contribution in [2.75, 3.05) is 0 Å². The van der Waals surface area contributed by atoms with E-state index in [1.807, 2.05) is 0 Å². The number of carbonyl (C=O) groups is 1. The van der Waals surface area contributed by atoms with Crippen molar-refractivity contribution in [3.8, 4) is 11.4 Å². The zero-order chi connectivity index (χ0) is 10.8.